The first-order chi connectivity index (χ1) is 29.0. The molecule has 0 spiro atoms. The Morgan fingerprint density at radius 2 is 1.28 bits per heavy atom. The van der Waals surface area contributed by atoms with Gasteiger partial charge in [-0.25, -0.2) is 4.98 Å². The van der Waals surface area contributed by atoms with Crippen molar-refractivity contribution in [3.05, 3.63) is 206 Å². The third kappa shape index (κ3) is 5.08. The Kier molecular flexibility index (Phi) is 8.35. The van der Waals surface area contributed by atoms with E-state index in [9.17, 15) is 0 Å². The summed E-state index contributed by atoms with van der Waals surface area (Å²) in [5.74, 6) is 0.897. The van der Waals surface area contributed by atoms with Crippen LogP contribution in [0, 0.1) is 12.1 Å². The van der Waals surface area contributed by atoms with Crippen molar-refractivity contribution in [2.45, 2.75) is 19.3 Å². The quantitative estimate of drug-likeness (QED) is 0.0747. The molecule has 0 fully saturated rings. The molecule has 288 valence electrons. The second-order valence-corrected chi connectivity index (χ2v) is 19.7. The molecule has 0 atom stereocenters. The fourth-order valence-electron chi connectivity index (χ4n) is 9.91. The summed E-state index contributed by atoms with van der Waals surface area (Å²) >= 11 is 0. The maximum Gasteiger partial charge on any atom is 2.00 e. The van der Waals surface area contributed by atoms with Crippen molar-refractivity contribution in [1.82, 2.24) is 14.4 Å². The van der Waals surface area contributed by atoms with E-state index in [2.05, 4.69) is 193 Å². The normalized spacial score (nSPS) is 13.5. The molecule has 5 nitrogen and oxygen atoms in total. The topological polar surface area (TPSA) is 46.6 Å². The number of anilines is 3. The Labute approximate surface area is 362 Å². The number of para-hydroxylation sites is 2. The van der Waals surface area contributed by atoms with Gasteiger partial charge in [0.1, 0.15) is 25.1 Å². The van der Waals surface area contributed by atoms with Gasteiger partial charge in [-0.15, -0.1) is 34.8 Å². The van der Waals surface area contributed by atoms with Crippen molar-refractivity contribution in [3.63, 3.8) is 0 Å². The molecule has 5 heterocycles. The zero-order chi connectivity index (χ0) is 39.3. The average Bonchev–Trinajstić information content (AvgIpc) is 3.94. The van der Waals surface area contributed by atoms with Gasteiger partial charge < -0.3 is 13.7 Å². The molecule has 0 aliphatic carbocycles. The van der Waals surface area contributed by atoms with E-state index in [0.717, 1.165) is 77.0 Å². The van der Waals surface area contributed by atoms with Crippen LogP contribution in [0.1, 0.15) is 25.0 Å². The van der Waals surface area contributed by atoms with Gasteiger partial charge in [-0.05, 0) is 45.6 Å². The Morgan fingerprint density at radius 1 is 0.567 bits per heavy atom. The predicted octanol–water partition coefficient (Wildman–Crippen LogP) is 10.0. The van der Waals surface area contributed by atoms with Gasteiger partial charge in [0.2, 0.25) is 0 Å². The number of rotatable bonds is 5. The van der Waals surface area contributed by atoms with Gasteiger partial charge in [0.25, 0.3) is 0 Å². The van der Waals surface area contributed by atoms with Crippen LogP contribution in [0.3, 0.4) is 0 Å². The Morgan fingerprint density at radius 3 is 2.08 bits per heavy atom. The van der Waals surface area contributed by atoms with Gasteiger partial charge in [0.05, 0.1) is 16.7 Å². The number of nitrogens with zero attached hydrogens (tertiary/aromatic N) is 4. The second kappa shape index (κ2) is 13.7. The molecule has 0 radical (unpaired) electrons. The zero-order valence-electron chi connectivity index (χ0n) is 32.8. The smallest absolute Gasteiger partial charge is 0.456 e. The molecule has 12 rings (SSSR count). The number of pyridine rings is 2. The van der Waals surface area contributed by atoms with Crippen molar-refractivity contribution in [2.75, 3.05) is 4.90 Å². The van der Waals surface area contributed by atoms with Crippen LogP contribution in [0.25, 0.3) is 49.3 Å². The fraction of sp³-hybridized carbons (Fsp3) is 0.0566. The van der Waals surface area contributed by atoms with Gasteiger partial charge in [-0.1, -0.05) is 134 Å². The summed E-state index contributed by atoms with van der Waals surface area (Å²) in [5.41, 5.74) is 7.78. The van der Waals surface area contributed by atoms with E-state index in [1.165, 1.54) is 21.3 Å². The number of fused-ring (bicyclic) bond motifs is 12. The van der Waals surface area contributed by atoms with E-state index in [1.54, 1.807) is 0 Å². The van der Waals surface area contributed by atoms with Crippen molar-refractivity contribution in [2.24, 2.45) is 0 Å². The van der Waals surface area contributed by atoms with Crippen LogP contribution in [0.2, 0.25) is 0 Å². The summed E-state index contributed by atoms with van der Waals surface area (Å²) in [6, 6.07) is 67.1. The second-order valence-electron chi connectivity index (χ2n) is 16.0. The molecule has 0 unspecified atom stereocenters. The van der Waals surface area contributed by atoms with Gasteiger partial charge in [0.15, 0.2) is 0 Å². The van der Waals surface area contributed by atoms with Crippen LogP contribution in [-0.4, -0.2) is 22.4 Å². The minimum absolute atomic E-state index is 0. The molecule has 4 aromatic heterocycles. The largest absolute Gasteiger partial charge is 2.00 e. The summed E-state index contributed by atoms with van der Waals surface area (Å²) in [4.78, 5) is 12.4. The molecule has 11 aromatic rings. The molecular formula is C53H36N4OPtSi. The van der Waals surface area contributed by atoms with E-state index >= 15 is 0 Å². The number of furan rings is 1. The molecule has 0 N–H and O–H groups in total. The molecule has 0 saturated heterocycles. The summed E-state index contributed by atoms with van der Waals surface area (Å²) in [6.07, 6.45) is 5.85. The minimum Gasteiger partial charge on any atom is -0.456 e. The SMILES string of the molecule is CC1(C)c2cccnc2N(c2[c-]c([Si](c3[c-]c4c(cc3)c3ccccc3n3ccnc43)(c3ccccc3)c3ccccc3)ccc2)c2c1ccc1oc3ccccc3c21.[Pt+2]. The molecule has 60 heavy (non-hydrogen) atoms. The molecule has 7 heteroatoms. The molecular weight excluding hydrogens is 932 g/mol. The average molecular weight is 968 g/mol. The molecule has 0 bridgehead atoms. The number of benzene rings is 7. The van der Waals surface area contributed by atoms with Crippen LogP contribution in [0.15, 0.2) is 187 Å². The maximum absolute atomic E-state index is 6.54. The van der Waals surface area contributed by atoms with Crippen LogP contribution < -0.4 is 25.6 Å². The van der Waals surface area contributed by atoms with Crippen molar-refractivity contribution >= 4 is 95.3 Å². The van der Waals surface area contributed by atoms with E-state index in [1.807, 2.05) is 24.5 Å². The van der Waals surface area contributed by atoms with Crippen LogP contribution in [0.5, 0.6) is 0 Å². The zero-order valence-corrected chi connectivity index (χ0v) is 36.1. The maximum atomic E-state index is 6.54. The molecule has 1 aliphatic rings. The van der Waals surface area contributed by atoms with Crippen LogP contribution >= 0.6 is 0 Å². The van der Waals surface area contributed by atoms with E-state index in [-0.39, 0.29) is 26.5 Å². The van der Waals surface area contributed by atoms with Gasteiger partial charge >= 0.3 is 21.1 Å². The Balaban J connectivity index is 0.00000408. The Hall–Kier alpha value is -6.59. The van der Waals surface area contributed by atoms with E-state index in [0.29, 0.717) is 0 Å². The summed E-state index contributed by atoms with van der Waals surface area (Å²) < 4.78 is 8.73. The molecule has 0 amide bonds. The third-order valence-corrected chi connectivity index (χ3v) is 17.2. The van der Waals surface area contributed by atoms with Gasteiger partial charge in [0, 0.05) is 40.5 Å². The number of aromatic nitrogens is 3. The van der Waals surface area contributed by atoms with Crippen LogP contribution in [-0.2, 0) is 26.5 Å². The summed E-state index contributed by atoms with van der Waals surface area (Å²) in [6.45, 7) is 4.60. The predicted molar refractivity (Wildman–Crippen MR) is 243 cm³/mol. The number of imidazole rings is 1. The van der Waals surface area contributed by atoms with Crippen molar-refractivity contribution in [3.8, 4) is 0 Å². The number of hydrogen-bond acceptors (Lipinski definition) is 4. The molecule has 1 aliphatic heterocycles. The fourth-order valence-corrected chi connectivity index (χ4v) is 14.5. The monoisotopic (exact) mass is 967 g/mol. The first-order valence-corrected chi connectivity index (χ1v) is 22.1. The van der Waals surface area contributed by atoms with Crippen molar-refractivity contribution in [1.29, 1.82) is 0 Å². The molecule has 7 aromatic carbocycles. The summed E-state index contributed by atoms with van der Waals surface area (Å²) in [7, 11) is -3.16. The van der Waals surface area contributed by atoms with Gasteiger partial charge in [-0.2, -0.15) is 23.4 Å². The third-order valence-electron chi connectivity index (χ3n) is 12.6. The van der Waals surface area contributed by atoms with Crippen molar-refractivity contribution < 1.29 is 25.5 Å². The first-order valence-electron chi connectivity index (χ1n) is 20.1. The first kappa shape index (κ1) is 36.5. The number of hydrogen-bond donors (Lipinski definition) is 0. The standard InChI is InChI=1S/C53H36N4OSi.Pt/c1-53(2)44-28-29-48-49(42-22-10-12-25-47(42)58-48)50(44)57(52-45(53)23-14-30-54-52)35-15-13-20-38(33-35)59(36-16-5-3-6-17-36,37-18-7-4-8-19-37)39-26-27-40-41-21-9-11-24-46(41)56-32-31-55-51(56)43(40)34-39;/h3-32H,1-2H3;/q-2;+2. The Bertz CT molecular complexity index is 3410. The van der Waals surface area contributed by atoms with E-state index in [4.69, 9.17) is 14.4 Å². The van der Waals surface area contributed by atoms with E-state index < -0.39 is 8.07 Å². The van der Waals surface area contributed by atoms with Gasteiger partial charge in [-0.3, -0.25) is 4.98 Å². The molecule has 0 saturated carbocycles. The minimum atomic E-state index is -3.16. The summed E-state index contributed by atoms with van der Waals surface area (Å²) in [5, 5.41) is 10.2. The van der Waals surface area contributed by atoms with Crippen LogP contribution in [0.4, 0.5) is 17.2 Å².